The van der Waals surface area contributed by atoms with Gasteiger partial charge in [-0.3, -0.25) is 4.79 Å². The van der Waals surface area contributed by atoms with Crippen LogP contribution in [-0.2, 0) is 4.79 Å². The maximum absolute atomic E-state index is 12.3. The predicted octanol–water partition coefficient (Wildman–Crippen LogP) is 0.339. The van der Waals surface area contributed by atoms with Gasteiger partial charge in [0.2, 0.25) is 5.91 Å². The van der Waals surface area contributed by atoms with Crippen LogP contribution in [0.1, 0.15) is 33.1 Å². The minimum absolute atomic E-state index is 0.251. The van der Waals surface area contributed by atoms with E-state index in [4.69, 9.17) is 0 Å². The van der Waals surface area contributed by atoms with Crippen LogP contribution in [0, 0.1) is 0 Å². The van der Waals surface area contributed by atoms with E-state index in [1.807, 2.05) is 18.7 Å². The molecule has 0 radical (unpaired) electrons. The average molecular weight is 225 g/mol. The van der Waals surface area contributed by atoms with Crippen LogP contribution >= 0.6 is 0 Å². The Bertz CT molecular complexity index is 255. The van der Waals surface area contributed by atoms with Crippen LogP contribution in [0.25, 0.3) is 0 Å². The third kappa shape index (κ3) is 2.55. The lowest BCUT2D eigenvalue weighted by atomic mass is 9.89. The molecule has 2 aliphatic rings. The van der Waals surface area contributed by atoms with Crippen molar-refractivity contribution in [1.29, 1.82) is 0 Å². The van der Waals surface area contributed by atoms with Crippen molar-refractivity contribution in [2.24, 2.45) is 0 Å². The zero-order chi connectivity index (χ0) is 11.6. The lowest BCUT2D eigenvalue weighted by Gasteiger charge is -2.39. The van der Waals surface area contributed by atoms with Gasteiger partial charge in [0.05, 0.1) is 5.54 Å². The van der Waals surface area contributed by atoms with Crippen LogP contribution < -0.4 is 10.6 Å². The predicted molar refractivity (Wildman–Crippen MR) is 64.3 cm³/mol. The molecule has 2 fully saturated rings. The number of carbonyl (C=O) groups is 1. The fraction of sp³-hybridized carbons (Fsp3) is 0.917. The molecule has 4 heteroatoms. The van der Waals surface area contributed by atoms with E-state index in [0.29, 0.717) is 6.04 Å². The second kappa shape index (κ2) is 4.72. The first kappa shape index (κ1) is 11.9. The quantitative estimate of drug-likeness (QED) is 0.728. The van der Waals surface area contributed by atoms with E-state index in [0.717, 1.165) is 26.2 Å². The third-order valence-electron chi connectivity index (χ3n) is 3.61. The van der Waals surface area contributed by atoms with Gasteiger partial charge in [-0.15, -0.1) is 0 Å². The molecule has 2 rings (SSSR count). The molecule has 16 heavy (non-hydrogen) atoms. The Kier molecular flexibility index (Phi) is 3.50. The number of rotatable bonds is 3. The molecule has 0 aromatic carbocycles. The summed E-state index contributed by atoms with van der Waals surface area (Å²) in [5, 5.41) is 6.75. The van der Waals surface area contributed by atoms with E-state index in [1.54, 1.807) is 0 Å². The molecule has 1 saturated carbocycles. The van der Waals surface area contributed by atoms with Crippen molar-refractivity contribution in [3.63, 3.8) is 0 Å². The number of hydrogen-bond donors (Lipinski definition) is 2. The molecule has 1 saturated heterocycles. The molecule has 2 N–H and O–H groups in total. The molecule has 1 aliphatic carbocycles. The van der Waals surface area contributed by atoms with Crippen LogP contribution in [0.3, 0.4) is 0 Å². The van der Waals surface area contributed by atoms with Gasteiger partial charge in [-0.1, -0.05) is 6.42 Å². The van der Waals surface area contributed by atoms with E-state index in [1.165, 1.54) is 19.3 Å². The van der Waals surface area contributed by atoms with Crippen LogP contribution in [0.4, 0.5) is 0 Å². The Morgan fingerprint density at radius 1 is 1.31 bits per heavy atom. The first-order valence-electron chi connectivity index (χ1n) is 6.37. The summed E-state index contributed by atoms with van der Waals surface area (Å²) < 4.78 is 0. The Morgan fingerprint density at radius 3 is 2.44 bits per heavy atom. The number of nitrogens with zero attached hydrogens (tertiary/aromatic N) is 1. The topological polar surface area (TPSA) is 44.4 Å². The second-order valence-electron chi connectivity index (χ2n) is 5.44. The molecule has 0 atom stereocenters. The van der Waals surface area contributed by atoms with Gasteiger partial charge < -0.3 is 15.5 Å². The largest absolute Gasteiger partial charge is 0.339 e. The SMILES string of the molecule is CC(C)(NC1CCC1)C(=O)N1CCNCC1. The van der Waals surface area contributed by atoms with Crippen molar-refractivity contribution < 1.29 is 4.79 Å². The van der Waals surface area contributed by atoms with Crippen molar-refractivity contribution in [3.05, 3.63) is 0 Å². The summed E-state index contributed by atoms with van der Waals surface area (Å²) in [6.45, 7) is 7.55. The van der Waals surface area contributed by atoms with Gasteiger partial charge in [0, 0.05) is 32.2 Å². The van der Waals surface area contributed by atoms with Crippen molar-refractivity contribution in [1.82, 2.24) is 15.5 Å². The van der Waals surface area contributed by atoms with Gasteiger partial charge in [-0.05, 0) is 26.7 Å². The fourth-order valence-electron chi connectivity index (χ4n) is 2.39. The highest BCUT2D eigenvalue weighted by atomic mass is 16.2. The number of amides is 1. The zero-order valence-electron chi connectivity index (χ0n) is 10.4. The molecule has 0 aromatic heterocycles. The highest BCUT2D eigenvalue weighted by molar-refractivity contribution is 5.85. The molecule has 1 heterocycles. The maximum Gasteiger partial charge on any atom is 0.242 e. The Hall–Kier alpha value is -0.610. The maximum atomic E-state index is 12.3. The number of piperazine rings is 1. The van der Waals surface area contributed by atoms with Gasteiger partial charge in [0.25, 0.3) is 0 Å². The van der Waals surface area contributed by atoms with Gasteiger partial charge in [-0.25, -0.2) is 0 Å². The zero-order valence-corrected chi connectivity index (χ0v) is 10.4. The van der Waals surface area contributed by atoms with Crippen molar-refractivity contribution >= 4 is 5.91 Å². The van der Waals surface area contributed by atoms with Gasteiger partial charge >= 0.3 is 0 Å². The van der Waals surface area contributed by atoms with E-state index < -0.39 is 5.54 Å². The smallest absolute Gasteiger partial charge is 0.242 e. The van der Waals surface area contributed by atoms with Crippen LogP contribution in [0.15, 0.2) is 0 Å². The van der Waals surface area contributed by atoms with E-state index in [-0.39, 0.29) is 5.91 Å². The molecule has 92 valence electrons. The van der Waals surface area contributed by atoms with Crippen LogP contribution in [0.2, 0.25) is 0 Å². The number of carbonyl (C=O) groups excluding carboxylic acids is 1. The van der Waals surface area contributed by atoms with Crippen molar-refractivity contribution in [2.45, 2.75) is 44.7 Å². The molecule has 0 aromatic rings. The van der Waals surface area contributed by atoms with Crippen LogP contribution in [0.5, 0.6) is 0 Å². The lowest BCUT2D eigenvalue weighted by Crippen LogP contribution is -2.60. The van der Waals surface area contributed by atoms with Gasteiger partial charge in [0.15, 0.2) is 0 Å². The normalized spacial score (nSPS) is 23.0. The molecule has 4 nitrogen and oxygen atoms in total. The summed E-state index contributed by atoms with van der Waals surface area (Å²) in [6.07, 6.45) is 3.74. The summed E-state index contributed by atoms with van der Waals surface area (Å²) in [5.41, 5.74) is -0.400. The van der Waals surface area contributed by atoms with Crippen molar-refractivity contribution in [2.75, 3.05) is 26.2 Å². The van der Waals surface area contributed by atoms with Gasteiger partial charge in [0.1, 0.15) is 0 Å². The molecular weight excluding hydrogens is 202 g/mol. The standard InChI is InChI=1S/C12H23N3O/c1-12(2,14-10-4-3-5-10)11(16)15-8-6-13-7-9-15/h10,13-14H,3-9H2,1-2H3. The summed E-state index contributed by atoms with van der Waals surface area (Å²) in [7, 11) is 0. The summed E-state index contributed by atoms with van der Waals surface area (Å²) in [6, 6.07) is 0.557. The molecule has 0 spiro atoms. The second-order valence-corrected chi connectivity index (χ2v) is 5.44. The van der Waals surface area contributed by atoms with Crippen molar-refractivity contribution in [3.8, 4) is 0 Å². The first-order valence-corrected chi connectivity index (χ1v) is 6.37. The summed E-state index contributed by atoms with van der Waals surface area (Å²) in [4.78, 5) is 14.3. The molecule has 1 aliphatic heterocycles. The molecule has 0 bridgehead atoms. The molecular formula is C12H23N3O. The highest BCUT2D eigenvalue weighted by Gasteiger charge is 2.35. The highest BCUT2D eigenvalue weighted by Crippen LogP contribution is 2.22. The average Bonchev–Trinajstić information content (AvgIpc) is 2.24. The first-order chi connectivity index (χ1) is 7.59. The number of nitrogens with one attached hydrogen (secondary N) is 2. The Labute approximate surface area is 97.8 Å². The number of hydrogen-bond acceptors (Lipinski definition) is 3. The lowest BCUT2D eigenvalue weighted by molar-refractivity contribution is -0.138. The van der Waals surface area contributed by atoms with E-state index in [9.17, 15) is 4.79 Å². The Morgan fingerprint density at radius 2 is 1.94 bits per heavy atom. The van der Waals surface area contributed by atoms with E-state index >= 15 is 0 Å². The monoisotopic (exact) mass is 225 g/mol. The minimum Gasteiger partial charge on any atom is -0.339 e. The Balaban J connectivity index is 1.89. The van der Waals surface area contributed by atoms with Gasteiger partial charge in [-0.2, -0.15) is 0 Å². The molecule has 1 amide bonds. The molecule has 0 unspecified atom stereocenters. The van der Waals surface area contributed by atoms with Crippen LogP contribution in [-0.4, -0.2) is 48.6 Å². The summed E-state index contributed by atoms with van der Waals surface area (Å²) >= 11 is 0. The minimum atomic E-state index is -0.400. The fourth-order valence-corrected chi connectivity index (χ4v) is 2.39. The summed E-state index contributed by atoms with van der Waals surface area (Å²) in [5.74, 6) is 0.251. The third-order valence-corrected chi connectivity index (χ3v) is 3.61. The van der Waals surface area contributed by atoms with E-state index in [2.05, 4.69) is 10.6 Å².